The zero-order chi connectivity index (χ0) is 32.0. The van der Waals surface area contributed by atoms with E-state index in [1.807, 2.05) is 12.1 Å². The zero-order valence-corrected chi connectivity index (χ0v) is 26.5. The molecule has 0 aliphatic carbocycles. The van der Waals surface area contributed by atoms with E-state index in [-0.39, 0.29) is 12.0 Å². The largest absolute Gasteiger partial charge is 0.456 e. The quantitative estimate of drug-likeness (QED) is 0.190. The van der Waals surface area contributed by atoms with E-state index in [9.17, 15) is 0 Å². The molecule has 228 valence electrons. The molecule has 0 amide bonds. The molecule has 2 unspecified atom stereocenters. The van der Waals surface area contributed by atoms with Crippen LogP contribution in [-0.4, -0.2) is 11.5 Å². The van der Waals surface area contributed by atoms with Gasteiger partial charge in [-0.15, -0.1) is 0 Å². The van der Waals surface area contributed by atoms with Crippen LogP contribution in [0.5, 0.6) is 0 Å². The second-order valence-corrected chi connectivity index (χ2v) is 12.6. The van der Waals surface area contributed by atoms with E-state index in [0.29, 0.717) is 0 Å². The highest BCUT2D eigenvalue weighted by Crippen LogP contribution is 2.41. The van der Waals surface area contributed by atoms with Gasteiger partial charge in [0.15, 0.2) is 5.84 Å². The second-order valence-electron chi connectivity index (χ2n) is 12.6. The molecule has 0 radical (unpaired) electrons. The van der Waals surface area contributed by atoms with Crippen LogP contribution in [0, 0.1) is 5.92 Å². The Kier molecular flexibility index (Phi) is 6.83. The van der Waals surface area contributed by atoms with Gasteiger partial charge in [0.2, 0.25) is 0 Å². The summed E-state index contributed by atoms with van der Waals surface area (Å²) in [7, 11) is 0. The fourth-order valence-electron chi connectivity index (χ4n) is 7.27. The van der Waals surface area contributed by atoms with Crippen LogP contribution in [0.15, 0.2) is 178 Å². The summed E-state index contributed by atoms with van der Waals surface area (Å²) in [4.78, 5) is 10.7. The fourth-order valence-corrected chi connectivity index (χ4v) is 7.27. The standard InChI is InChI=1S/C45H32N2O/c1-29-43(31-15-4-2-5-16-31)46-45(47-44(29)32-17-6-3-7-18-32)35-27-39(42-38-23-10-11-25-40(38)48-41(42)28-35)34-21-12-20-33(26-34)37-24-13-19-30-14-8-9-22-36(30)37/h2-29,43H,1H3. The minimum Gasteiger partial charge on any atom is -0.456 e. The highest BCUT2D eigenvalue weighted by atomic mass is 16.3. The Balaban J connectivity index is 1.27. The molecule has 9 rings (SSSR count). The van der Waals surface area contributed by atoms with Gasteiger partial charge in [-0.05, 0) is 68.4 Å². The number of hydrogen-bond donors (Lipinski definition) is 0. The first-order valence-corrected chi connectivity index (χ1v) is 16.5. The third kappa shape index (κ3) is 4.83. The molecule has 48 heavy (non-hydrogen) atoms. The van der Waals surface area contributed by atoms with E-state index in [1.165, 1.54) is 27.5 Å². The van der Waals surface area contributed by atoms with Crippen molar-refractivity contribution >= 4 is 44.3 Å². The third-order valence-corrected chi connectivity index (χ3v) is 9.61. The summed E-state index contributed by atoms with van der Waals surface area (Å²) in [5.74, 6) is 0.819. The lowest BCUT2D eigenvalue weighted by Gasteiger charge is -2.28. The van der Waals surface area contributed by atoms with Crippen LogP contribution in [0.3, 0.4) is 0 Å². The SMILES string of the molecule is CC1C(c2ccccc2)=NC(c2cc(-c3cccc(-c4cccc5ccccc45)c3)c3c(c2)oc2ccccc23)=NC1c1ccccc1. The van der Waals surface area contributed by atoms with Crippen molar-refractivity contribution in [1.29, 1.82) is 0 Å². The third-order valence-electron chi connectivity index (χ3n) is 9.61. The Morgan fingerprint density at radius 2 is 1.15 bits per heavy atom. The van der Waals surface area contributed by atoms with Crippen LogP contribution in [0.1, 0.15) is 29.7 Å². The Bertz CT molecular complexity index is 2520. The van der Waals surface area contributed by atoms with E-state index >= 15 is 0 Å². The van der Waals surface area contributed by atoms with Crippen molar-refractivity contribution in [3.8, 4) is 22.3 Å². The minimum atomic E-state index is -0.0709. The van der Waals surface area contributed by atoms with Crippen molar-refractivity contribution in [2.24, 2.45) is 15.9 Å². The van der Waals surface area contributed by atoms with Gasteiger partial charge in [-0.2, -0.15) is 0 Å². The van der Waals surface area contributed by atoms with E-state index in [1.54, 1.807) is 0 Å². The van der Waals surface area contributed by atoms with Crippen LogP contribution < -0.4 is 0 Å². The second kappa shape index (κ2) is 11.6. The molecule has 0 saturated heterocycles. The van der Waals surface area contributed by atoms with Crippen LogP contribution in [0.2, 0.25) is 0 Å². The molecular formula is C45H32N2O. The van der Waals surface area contributed by atoms with Gasteiger partial charge >= 0.3 is 0 Å². The zero-order valence-electron chi connectivity index (χ0n) is 26.5. The molecule has 7 aromatic carbocycles. The van der Waals surface area contributed by atoms with Crippen LogP contribution in [0.25, 0.3) is 55.0 Å². The van der Waals surface area contributed by atoms with Crippen molar-refractivity contribution in [2.45, 2.75) is 13.0 Å². The van der Waals surface area contributed by atoms with Crippen molar-refractivity contribution in [3.05, 3.63) is 180 Å². The highest BCUT2D eigenvalue weighted by Gasteiger charge is 2.30. The Labute approximate surface area is 279 Å². The maximum absolute atomic E-state index is 6.56. The van der Waals surface area contributed by atoms with E-state index in [2.05, 4.69) is 159 Å². The summed E-state index contributed by atoms with van der Waals surface area (Å²) in [6.45, 7) is 2.23. The van der Waals surface area contributed by atoms with Gasteiger partial charge in [-0.3, -0.25) is 4.99 Å². The first kappa shape index (κ1) is 28.2. The van der Waals surface area contributed by atoms with E-state index < -0.39 is 0 Å². The normalized spacial score (nSPS) is 16.3. The maximum atomic E-state index is 6.56. The molecule has 0 bridgehead atoms. The smallest absolute Gasteiger partial charge is 0.155 e. The fraction of sp³-hybridized carbons (Fsp3) is 0.0667. The lowest BCUT2D eigenvalue weighted by atomic mass is 9.86. The summed E-state index contributed by atoms with van der Waals surface area (Å²) in [5, 5.41) is 4.67. The van der Waals surface area contributed by atoms with Crippen molar-refractivity contribution in [3.63, 3.8) is 0 Å². The Morgan fingerprint density at radius 1 is 0.500 bits per heavy atom. The van der Waals surface area contributed by atoms with Gasteiger partial charge < -0.3 is 4.42 Å². The molecule has 1 aliphatic rings. The molecule has 0 N–H and O–H groups in total. The number of furan rings is 1. The lowest BCUT2D eigenvalue weighted by Crippen LogP contribution is -2.26. The molecule has 2 heterocycles. The van der Waals surface area contributed by atoms with Crippen molar-refractivity contribution in [2.75, 3.05) is 0 Å². The maximum Gasteiger partial charge on any atom is 0.155 e. The Hall–Kier alpha value is -6.06. The molecule has 8 aromatic rings. The van der Waals surface area contributed by atoms with Crippen LogP contribution in [-0.2, 0) is 0 Å². The molecular weight excluding hydrogens is 585 g/mol. The van der Waals surface area contributed by atoms with Crippen molar-refractivity contribution in [1.82, 2.24) is 0 Å². The molecule has 1 aromatic heterocycles. The first-order valence-electron chi connectivity index (χ1n) is 16.5. The predicted molar refractivity (Wildman–Crippen MR) is 200 cm³/mol. The van der Waals surface area contributed by atoms with E-state index in [0.717, 1.165) is 55.7 Å². The molecule has 1 aliphatic heterocycles. The average molecular weight is 617 g/mol. The molecule has 0 spiro atoms. The van der Waals surface area contributed by atoms with Crippen LogP contribution >= 0.6 is 0 Å². The molecule has 0 saturated carbocycles. The lowest BCUT2D eigenvalue weighted by molar-refractivity contribution is 0.592. The van der Waals surface area contributed by atoms with Gasteiger partial charge in [0.25, 0.3) is 0 Å². The summed E-state index contributed by atoms with van der Waals surface area (Å²) < 4.78 is 6.56. The van der Waals surface area contributed by atoms with Crippen LogP contribution in [0.4, 0.5) is 0 Å². The van der Waals surface area contributed by atoms with Crippen molar-refractivity contribution < 1.29 is 4.42 Å². The number of amidine groups is 1. The van der Waals surface area contributed by atoms with Gasteiger partial charge in [0.1, 0.15) is 11.2 Å². The number of fused-ring (bicyclic) bond motifs is 4. The minimum absolute atomic E-state index is 0.0709. The van der Waals surface area contributed by atoms with Gasteiger partial charge in [-0.1, -0.05) is 146 Å². The van der Waals surface area contributed by atoms with E-state index in [4.69, 9.17) is 14.4 Å². The number of para-hydroxylation sites is 1. The molecule has 2 atom stereocenters. The molecule has 3 nitrogen and oxygen atoms in total. The monoisotopic (exact) mass is 616 g/mol. The number of rotatable bonds is 5. The Morgan fingerprint density at radius 3 is 1.98 bits per heavy atom. The molecule has 3 heteroatoms. The molecule has 0 fully saturated rings. The average Bonchev–Trinajstić information content (AvgIpc) is 3.54. The van der Waals surface area contributed by atoms with Gasteiger partial charge in [0, 0.05) is 22.3 Å². The summed E-state index contributed by atoms with van der Waals surface area (Å²) in [6.07, 6.45) is 0. The van der Waals surface area contributed by atoms with Gasteiger partial charge in [0.05, 0.1) is 11.8 Å². The predicted octanol–water partition coefficient (Wildman–Crippen LogP) is 11.7. The van der Waals surface area contributed by atoms with Gasteiger partial charge in [-0.25, -0.2) is 4.99 Å². The summed E-state index contributed by atoms with van der Waals surface area (Å²) in [6, 6.07) is 57.6. The number of aliphatic imine (C=N–C) groups is 2. The number of nitrogens with zero attached hydrogens (tertiary/aromatic N) is 2. The highest BCUT2D eigenvalue weighted by molar-refractivity contribution is 6.19. The summed E-state index contributed by atoms with van der Waals surface area (Å²) >= 11 is 0. The number of hydrogen-bond acceptors (Lipinski definition) is 3. The first-order chi connectivity index (χ1) is 23.7. The number of benzene rings is 7. The topological polar surface area (TPSA) is 37.9 Å². The summed E-state index contributed by atoms with van der Waals surface area (Å²) in [5.41, 5.74) is 10.6.